The molecule has 0 aromatic heterocycles. The highest BCUT2D eigenvalue weighted by Crippen LogP contribution is 2.31. The molecule has 3 rings (SSSR count). The lowest BCUT2D eigenvalue weighted by Crippen LogP contribution is -2.13. The van der Waals surface area contributed by atoms with E-state index in [2.05, 4.69) is 4.72 Å². The summed E-state index contributed by atoms with van der Waals surface area (Å²) < 4.78 is 38.5. The number of fused-ring (bicyclic) bond motifs is 1. The van der Waals surface area contributed by atoms with Crippen LogP contribution in [-0.2, 0) is 14.8 Å². The Bertz CT molecular complexity index is 1080. The number of benzene rings is 3. The maximum Gasteiger partial charge on any atom is 0.341 e. The molecule has 0 heterocycles. The summed E-state index contributed by atoms with van der Waals surface area (Å²) in [5, 5.41) is 9.85. The molecule has 0 aliphatic rings. The molecule has 0 aliphatic heterocycles. The Morgan fingerprint density at radius 3 is 2.30 bits per heavy atom. The topological polar surface area (TPSA) is 102 Å². The van der Waals surface area contributed by atoms with E-state index in [9.17, 15) is 13.2 Å². The number of nitrogens with one attached hydrogen (secondary N) is 1. The standard InChI is InChI=1S/C19H17NO6S/c1-25-17-10-11-18(16-5-3-2-4-15(16)17)27(23,24)20-13-6-8-14(9-7-13)26-12-19(21)22/h2-11,20H,12H2,1H3,(H,21,22). The van der Waals surface area contributed by atoms with Crippen LogP contribution in [-0.4, -0.2) is 33.2 Å². The summed E-state index contributed by atoms with van der Waals surface area (Å²) in [7, 11) is -2.31. The van der Waals surface area contributed by atoms with Crippen LogP contribution in [0.3, 0.4) is 0 Å². The van der Waals surface area contributed by atoms with Crippen LogP contribution in [0.5, 0.6) is 11.5 Å². The largest absolute Gasteiger partial charge is 0.496 e. The lowest BCUT2D eigenvalue weighted by molar-refractivity contribution is -0.139. The highest BCUT2D eigenvalue weighted by molar-refractivity contribution is 7.93. The second-order valence-electron chi connectivity index (χ2n) is 5.62. The average Bonchev–Trinajstić information content (AvgIpc) is 2.66. The molecular formula is C19H17NO6S. The van der Waals surface area contributed by atoms with E-state index in [4.69, 9.17) is 14.6 Å². The van der Waals surface area contributed by atoms with Gasteiger partial charge in [0.2, 0.25) is 0 Å². The van der Waals surface area contributed by atoms with Gasteiger partial charge in [0.1, 0.15) is 11.5 Å². The first-order valence-corrected chi connectivity index (χ1v) is 9.42. The summed E-state index contributed by atoms with van der Waals surface area (Å²) in [6.07, 6.45) is 0. The number of ether oxygens (including phenoxy) is 2. The zero-order valence-electron chi connectivity index (χ0n) is 14.4. The predicted octanol–water partition coefficient (Wildman–Crippen LogP) is 3.11. The Balaban J connectivity index is 1.89. The van der Waals surface area contributed by atoms with E-state index in [1.807, 2.05) is 6.07 Å². The van der Waals surface area contributed by atoms with Crippen molar-refractivity contribution in [1.82, 2.24) is 0 Å². The van der Waals surface area contributed by atoms with Crippen LogP contribution in [0.4, 0.5) is 5.69 Å². The van der Waals surface area contributed by atoms with E-state index in [-0.39, 0.29) is 4.90 Å². The van der Waals surface area contributed by atoms with E-state index < -0.39 is 22.6 Å². The smallest absolute Gasteiger partial charge is 0.341 e. The molecule has 0 amide bonds. The number of hydrogen-bond acceptors (Lipinski definition) is 5. The molecule has 2 N–H and O–H groups in total. The summed E-state index contributed by atoms with van der Waals surface area (Å²) in [4.78, 5) is 10.6. The number of rotatable bonds is 7. The Kier molecular flexibility index (Phi) is 5.18. The molecule has 0 saturated carbocycles. The first kappa shape index (κ1) is 18.5. The fourth-order valence-corrected chi connectivity index (χ4v) is 3.90. The highest BCUT2D eigenvalue weighted by Gasteiger charge is 2.19. The van der Waals surface area contributed by atoms with Crippen molar-refractivity contribution in [2.75, 3.05) is 18.4 Å². The van der Waals surface area contributed by atoms with Crippen molar-refractivity contribution >= 4 is 32.5 Å². The zero-order valence-corrected chi connectivity index (χ0v) is 15.2. The molecular weight excluding hydrogens is 370 g/mol. The van der Waals surface area contributed by atoms with Crippen LogP contribution >= 0.6 is 0 Å². The highest BCUT2D eigenvalue weighted by atomic mass is 32.2. The van der Waals surface area contributed by atoms with Crippen molar-refractivity contribution in [3.8, 4) is 11.5 Å². The van der Waals surface area contributed by atoms with E-state index >= 15 is 0 Å². The Labute approximate surface area is 156 Å². The van der Waals surface area contributed by atoms with Crippen LogP contribution < -0.4 is 14.2 Å². The monoisotopic (exact) mass is 387 g/mol. The van der Waals surface area contributed by atoms with Crippen molar-refractivity contribution in [3.63, 3.8) is 0 Å². The first-order chi connectivity index (χ1) is 12.9. The van der Waals surface area contributed by atoms with Crippen molar-refractivity contribution in [3.05, 3.63) is 60.7 Å². The second kappa shape index (κ2) is 7.55. The van der Waals surface area contributed by atoms with Crippen molar-refractivity contribution < 1.29 is 27.8 Å². The third-order valence-electron chi connectivity index (χ3n) is 3.82. The van der Waals surface area contributed by atoms with Gasteiger partial charge in [0.15, 0.2) is 6.61 Å². The third kappa shape index (κ3) is 4.12. The molecule has 0 radical (unpaired) electrons. The van der Waals surface area contributed by atoms with Gasteiger partial charge in [-0.05, 0) is 36.4 Å². The van der Waals surface area contributed by atoms with Gasteiger partial charge in [-0.15, -0.1) is 0 Å². The summed E-state index contributed by atoms with van der Waals surface area (Å²) in [5.41, 5.74) is 0.331. The molecule has 8 heteroatoms. The van der Waals surface area contributed by atoms with E-state index in [1.54, 1.807) is 24.3 Å². The lowest BCUT2D eigenvalue weighted by Gasteiger charge is -2.13. The second-order valence-corrected chi connectivity index (χ2v) is 7.27. The van der Waals surface area contributed by atoms with Crippen LogP contribution in [0.1, 0.15) is 0 Å². The number of anilines is 1. The fourth-order valence-electron chi connectivity index (χ4n) is 2.63. The number of carboxylic acid groups (broad SMARTS) is 1. The molecule has 27 heavy (non-hydrogen) atoms. The fraction of sp³-hybridized carbons (Fsp3) is 0.105. The SMILES string of the molecule is COc1ccc(S(=O)(=O)Nc2ccc(OCC(=O)O)cc2)c2ccccc12. The molecule has 0 saturated heterocycles. The van der Waals surface area contributed by atoms with Crippen LogP contribution in [0, 0.1) is 0 Å². The number of hydrogen-bond donors (Lipinski definition) is 2. The number of sulfonamides is 1. The van der Waals surface area contributed by atoms with Crippen LogP contribution in [0.15, 0.2) is 65.6 Å². The van der Waals surface area contributed by atoms with Gasteiger partial charge >= 0.3 is 5.97 Å². The van der Waals surface area contributed by atoms with Gasteiger partial charge in [0, 0.05) is 16.5 Å². The summed E-state index contributed by atoms with van der Waals surface area (Å²) >= 11 is 0. The third-order valence-corrected chi connectivity index (χ3v) is 5.26. The molecule has 0 atom stereocenters. The first-order valence-electron chi connectivity index (χ1n) is 7.94. The molecule has 3 aromatic carbocycles. The maximum absolute atomic E-state index is 12.9. The summed E-state index contributed by atoms with van der Waals surface area (Å²) in [5.74, 6) is -0.175. The van der Waals surface area contributed by atoms with Gasteiger partial charge in [-0.25, -0.2) is 13.2 Å². The number of methoxy groups -OCH3 is 1. The lowest BCUT2D eigenvalue weighted by atomic mass is 10.1. The molecule has 0 aliphatic carbocycles. The van der Waals surface area contributed by atoms with Gasteiger partial charge < -0.3 is 14.6 Å². The quantitative estimate of drug-likeness (QED) is 0.646. The molecule has 7 nitrogen and oxygen atoms in total. The van der Waals surface area contributed by atoms with E-state index in [1.165, 1.54) is 37.4 Å². The normalized spacial score (nSPS) is 11.1. The average molecular weight is 387 g/mol. The van der Waals surface area contributed by atoms with Crippen molar-refractivity contribution in [2.45, 2.75) is 4.90 Å². The van der Waals surface area contributed by atoms with Crippen molar-refractivity contribution in [2.24, 2.45) is 0 Å². The number of carbonyl (C=O) groups is 1. The van der Waals surface area contributed by atoms with Crippen LogP contribution in [0.2, 0.25) is 0 Å². The van der Waals surface area contributed by atoms with Crippen LogP contribution in [0.25, 0.3) is 10.8 Å². The minimum absolute atomic E-state index is 0.130. The molecule has 0 fully saturated rings. The van der Waals surface area contributed by atoms with Gasteiger partial charge in [0.05, 0.1) is 12.0 Å². The van der Waals surface area contributed by atoms with Gasteiger partial charge in [-0.2, -0.15) is 0 Å². The molecule has 140 valence electrons. The maximum atomic E-state index is 12.9. The Morgan fingerprint density at radius 1 is 1.00 bits per heavy atom. The van der Waals surface area contributed by atoms with Gasteiger partial charge in [-0.3, -0.25) is 4.72 Å². The zero-order chi connectivity index (χ0) is 19.4. The summed E-state index contributed by atoms with van der Waals surface area (Å²) in [6, 6.07) is 16.2. The predicted molar refractivity (Wildman–Crippen MR) is 101 cm³/mol. The van der Waals surface area contributed by atoms with E-state index in [0.29, 0.717) is 28.0 Å². The Morgan fingerprint density at radius 2 is 1.67 bits per heavy atom. The van der Waals surface area contributed by atoms with Gasteiger partial charge in [0.25, 0.3) is 10.0 Å². The molecule has 0 bridgehead atoms. The van der Waals surface area contributed by atoms with Crippen molar-refractivity contribution in [1.29, 1.82) is 0 Å². The minimum atomic E-state index is -3.84. The number of carboxylic acids is 1. The molecule has 0 unspecified atom stereocenters. The Hall–Kier alpha value is -3.26. The molecule has 0 spiro atoms. The number of aliphatic carboxylic acids is 1. The summed E-state index contributed by atoms with van der Waals surface area (Å²) in [6.45, 7) is -0.469. The van der Waals surface area contributed by atoms with E-state index in [0.717, 1.165) is 0 Å². The minimum Gasteiger partial charge on any atom is -0.496 e. The van der Waals surface area contributed by atoms with Gasteiger partial charge in [-0.1, -0.05) is 24.3 Å². The molecule has 3 aromatic rings.